The fourth-order valence-corrected chi connectivity index (χ4v) is 2.42. The summed E-state index contributed by atoms with van der Waals surface area (Å²) >= 11 is 1.76. The Morgan fingerprint density at radius 1 is 1.64 bits per heavy atom. The lowest BCUT2D eigenvalue weighted by Crippen LogP contribution is -2.23. The van der Waals surface area contributed by atoms with Gasteiger partial charge in [-0.25, -0.2) is 4.98 Å². The molecule has 1 aliphatic rings. The zero-order chi connectivity index (χ0) is 9.97. The monoisotopic (exact) mass is 210 g/mol. The Morgan fingerprint density at radius 3 is 3.00 bits per heavy atom. The van der Waals surface area contributed by atoms with Gasteiger partial charge in [-0.1, -0.05) is 6.92 Å². The molecular weight excluding hydrogens is 192 g/mol. The molecule has 2 atom stereocenters. The van der Waals surface area contributed by atoms with Gasteiger partial charge in [0.05, 0.1) is 5.01 Å². The van der Waals surface area contributed by atoms with Gasteiger partial charge in [0, 0.05) is 31.1 Å². The molecule has 0 aromatic carbocycles. The van der Waals surface area contributed by atoms with Gasteiger partial charge in [0.15, 0.2) is 0 Å². The first-order chi connectivity index (χ1) is 6.75. The molecule has 1 heterocycles. The van der Waals surface area contributed by atoms with Crippen molar-refractivity contribution < 1.29 is 0 Å². The van der Waals surface area contributed by atoms with Crippen LogP contribution in [0, 0.1) is 11.8 Å². The summed E-state index contributed by atoms with van der Waals surface area (Å²) in [4.78, 5) is 6.73. The lowest BCUT2D eigenvalue weighted by atomic mass is 10.3. The summed E-state index contributed by atoms with van der Waals surface area (Å²) in [5, 5.41) is 3.32. The normalized spacial score (nSPS) is 25.6. The SMILES string of the molecule is C[C@H]1C[C@@H]1CN(C)CCc1nccs1. The Bertz CT molecular complexity index is 271. The van der Waals surface area contributed by atoms with Gasteiger partial charge in [-0.3, -0.25) is 0 Å². The minimum atomic E-state index is 0.969. The molecule has 1 aromatic heterocycles. The van der Waals surface area contributed by atoms with E-state index in [0.717, 1.165) is 24.8 Å². The molecule has 14 heavy (non-hydrogen) atoms. The van der Waals surface area contributed by atoms with Gasteiger partial charge in [0.2, 0.25) is 0 Å². The Morgan fingerprint density at radius 2 is 2.43 bits per heavy atom. The largest absolute Gasteiger partial charge is 0.306 e. The predicted molar refractivity (Wildman–Crippen MR) is 60.6 cm³/mol. The van der Waals surface area contributed by atoms with Crippen LogP contribution in [0.3, 0.4) is 0 Å². The number of hydrogen-bond acceptors (Lipinski definition) is 3. The van der Waals surface area contributed by atoms with Crippen LogP contribution < -0.4 is 0 Å². The van der Waals surface area contributed by atoms with Crippen LogP contribution in [-0.2, 0) is 6.42 Å². The molecule has 0 aliphatic heterocycles. The molecule has 0 saturated heterocycles. The van der Waals surface area contributed by atoms with E-state index < -0.39 is 0 Å². The third-order valence-corrected chi connectivity index (χ3v) is 3.85. The Labute approximate surface area is 90.0 Å². The van der Waals surface area contributed by atoms with E-state index >= 15 is 0 Å². The highest BCUT2D eigenvalue weighted by atomic mass is 32.1. The molecule has 0 spiro atoms. The number of rotatable bonds is 5. The number of thiazole rings is 1. The third-order valence-electron chi connectivity index (χ3n) is 3.01. The molecule has 0 unspecified atom stereocenters. The summed E-state index contributed by atoms with van der Waals surface area (Å²) in [7, 11) is 2.22. The fourth-order valence-electron chi connectivity index (χ4n) is 1.81. The summed E-state index contributed by atoms with van der Waals surface area (Å²) in [6.07, 6.45) is 4.43. The van der Waals surface area contributed by atoms with Crippen molar-refractivity contribution in [3.63, 3.8) is 0 Å². The molecule has 0 radical (unpaired) electrons. The smallest absolute Gasteiger partial charge is 0.0937 e. The van der Waals surface area contributed by atoms with Crippen LogP contribution in [0.5, 0.6) is 0 Å². The second-order valence-electron chi connectivity index (χ2n) is 4.41. The van der Waals surface area contributed by atoms with E-state index in [1.807, 2.05) is 6.20 Å². The molecule has 0 N–H and O–H groups in total. The molecule has 0 bridgehead atoms. The summed E-state index contributed by atoms with van der Waals surface area (Å²) < 4.78 is 0. The first kappa shape index (κ1) is 10.1. The second-order valence-corrected chi connectivity index (χ2v) is 5.39. The predicted octanol–water partition coefficient (Wildman–Crippen LogP) is 2.27. The molecule has 1 saturated carbocycles. The van der Waals surface area contributed by atoms with Crippen LogP contribution in [0.4, 0.5) is 0 Å². The number of hydrogen-bond donors (Lipinski definition) is 0. The van der Waals surface area contributed by atoms with Crippen molar-refractivity contribution in [2.24, 2.45) is 11.8 Å². The van der Waals surface area contributed by atoms with E-state index in [0.29, 0.717) is 0 Å². The van der Waals surface area contributed by atoms with Crippen molar-refractivity contribution in [3.8, 4) is 0 Å². The summed E-state index contributed by atoms with van der Waals surface area (Å²) in [6.45, 7) is 4.77. The molecular formula is C11H18N2S. The van der Waals surface area contributed by atoms with Crippen LogP contribution in [0.15, 0.2) is 11.6 Å². The molecule has 1 aliphatic carbocycles. The van der Waals surface area contributed by atoms with Crippen LogP contribution in [0.25, 0.3) is 0 Å². The zero-order valence-corrected chi connectivity index (χ0v) is 9.76. The van der Waals surface area contributed by atoms with E-state index in [2.05, 4.69) is 29.2 Å². The molecule has 1 aromatic rings. The quantitative estimate of drug-likeness (QED) is 0.741. The minimum absolute atomic E-state index is 0.969. The molecule has 0 amide bonds. The van der Waals surface area contributed by atoms with Crippen molar-refractivity contribution in [1.82, 2.24) is 9.88 Å². The Balaban J connectivity index is 1.65. The van der Waals surface area contributed by atoms with Gasteiger partial charge in [-0.2, -0.15) is 0 Å². The maximum absolute atomic E-state index is 4.29. The molecule has 78 valence electrons. The Hall–Kier alpha value is -0.410. The van der Waals surface area contributed by atoms with Crippen molar-refractivity contribution in [1.29, 1.82) is 0 Å². The van der Waals surface area contributed by atoms with Crippen molar-refractivity contribution in [2.45, 2.75) is 19.8 Å². The van der Waals surface area contributed by atoms with Crippen LogP contribution in [0.2, 0.25) is 0 Å². The van der Waals surface area contributed by atoms with E-state index in [1.54, 1.807) is 11.3 Å². The van der Waals surface area contributed by atoms with E-state index in [1.165, 1.54) is 18.0 Å². The van der Waals surface area contributed by atoms with Gasteiger partial charge < -0.3 is 4.90 Å². The standard InChI is InChI=1S/C11H18N2S/c1-9-7-10(9)8-13(2)5-3-11-12-4-6-14-11/h4,6,9-10H,3,5,7-8H2,1-2H3/t9-,10+/m0/s1. The highest BCUT2D eigenvalue weighted by molar-refractivity contribution is 7.09. The molecule has 2 nitrogen and oxygen atoms in total. The number of likely N-dealkylation sites (N-methyl/N-ethyl adjacent to an activating group) is 1. The van der Waals surface area contributed by atoms with Gasteiger partial charge in [-0.15, -0.1) is 11.3 Å². The lowest BCUT2D eigenvalue weighted by molar-refractivity contribution is 0.318. The van der Waals surface area contributed by atoms with Crippen molar-refractivity contribution in [3.05, 3.63) is 16.6 Å². The molecule has 3 heteroatoms. The van der Waals surface area contributed by atoms with E-state index in [4.69, 9.17) is 0 Å². The molecule has 2 rings (SSSR count). The minimum Gasteiger partial charge on any atom is -0.306 e. The van der Waals surface area contributed by atoms with Gasteiger partial charge in [0.1, 0.15) is 0 Å². The summed E-state index contributed by atoms with van der Waals surface area (Å²) in [5.74, 6) is 1.94. The second kappa shape index (κ2) is 4.41. The maximum Gasteiger partial charge on any atom is 0.0937 e. The number of nitrogens with zero attached hydrogens (tertiary/aromatic N) is 2. The average Bonchev–Trinajstić information content (AvgIpc) is 2.71. The van der Waals surface area contributed by atoms with E-state index in [-0.39, 0.29) is 0 Å². The van der Waals surface area contributed by atoms with Crippen LogP contribution in [-0.4, -0.2) is 30.0 Å². The molecule has 1 fully saturated rings. The highest BCUT2D eigenvalue weighted by Gasteiger charge is 2.32. The highest BCUT2D eigenvalue weighted by Crippen LogP contribution is 2.37. The lowest BCUT2D eigenvalue weighted by Gasteiger charge is -2.15. The topological polar surface area (TPSA) is 16.1 Å². The summed E-state index contributed by atoms with van der Waals surface area (Å²) in [6, 6.07) is 0. The van der Waals surface area contributed by atoms with Crippen molar-refractivity contribution >= 4 is 11.3 Å². The van der Waals surface area contributed by atoms with Gasteiger partial charge in [0.25, 0.3) is 0 Å². The van der Waals surface area contributed by atoms with Gasteiger partial charge in [-0.05, 0) is 25.3 Å². The maximum atomic E-state index is 4.29. The van der Waals surface area contributed by atoms with Crippen LogP contribution >= 0.6 is 11.3 Å². The van der Waals surface area contributed by atoms with Crippen molar-refractivity contribution in [2.75, 3.05) is 20.1 Å². The zero-order valence-electron chi connectivity index (χ0n) is 8.94. The van der Waals surface area contributed by atoms with Crippen LogP contribution in [0.1, 0.15) is 18.4 Å². The Kier molecular flexibility index (Phi) is 3.19. The first-order valence-electron chi connectivity index (χ1n) is 5.32. The van der Waals surface area contributed by atoms with E-state index in [9.17, 15) is 0 Å². The first-order valence-corrected chi connectivity index (χ1v) is 6.20. The number of aromatic nitrogens is 1. The summed E-state index contributed by atoms with van der Waals surface area (Å²) in [5.41, 5.74) is 0. The fraction of sp³-hybridized carbons (Fsp3) is 0.727. The van der Waals surface area contributed by atoms with Gasteiger partial charge >= 0.3 is 0 Å². The third kappa shape index (κ3) is 2.79. The average molecular weight is 210 g/mol.